The van der Waals surface area contributed by atoms with Crippen molar-refractivity contribution in [1.82, 2.24) is 5.32 Å². The quantitative estimate of drug-likeness (QED) is 0.767. The van der Waals surface area contributed by atoms with Gasteiger partial charge in [-0.25, -0.2) is 4.79 Å². The van der Waals surface area contributed by atoms with Crippen LogP contribution in [0.5, 0.6) is 5.75 Å². The van der Waals surface area contributed by atoms with Crippen molar-refractivity contribution in [2.45, 2.75) is 19.9 Å². The first-order chi connectivity index (χ1) is 10.1. The molecule has 2 rings (SSSR count). The van der Waals surface area contributed by atoms with Crippen LogP contribution in [0.3, 0.4) is 0 Å². The molecule has 21 heavy (non-hydrogen) atoms. The summed E-state index contributed by atoms with van der Waals surface area (Å²) < 4.78 is 11.1. The summed E-state index contributed by atoms with van der Waals surface area (Å²) in [6.45, 7) is 5.02. The van der Waals surface area contributed by atoms with Gasteiger partial charge in [0.25, 0.3) is 0 Å². The normalized spacial score (nSPS) is 12.1. The minimum atomic E-state index is -0.958. The zero-order chi connectivity index (χ0) is 15.2. The Bertz CT molecular complexity index is 606. The lowest BCUT2D eigenvalue weighted by molar-refractivity contribution is 0.0696. The van der Waals surface area contributed by atoms with E-state index in [4.69, 9.17) is 14.3 Å². The van der Waals surface area contributed by atoms with Gasteiger partial charge < -0.3 is 19.6 Å². The van der Waals surface area contributed by atoms with Crippen LogP contribution in [0.1, 0.15) is 34.8 Å². The Morgan fingerprint density at radius 3 is 2.86 bits per heavy atom. The highest BCUT2D eigenvalue weighted by molar-refractivity contribution is 5.87. The summed E-state index contributed by atoms with van der Waals surface area (Å²) in [4.78, 5) is 10.9. The van der Waals surface area contributed by atoms with Crippen LogP contribution in [0.15, 0.2) is 40.8 Å². The third-order valence-corrected chi connectivity index (χ3v) is 3.09. The number of rotatable bonds is 7. The first-order valence-electron chi connectivity index (χ1n) is 6.82. The second-order valence-corrected chi connectivity index (χ2v) is 4.81. The van der Waals surface area contributed by atoms with Crippen LogP contribution in [0, 0.1) is 6.92 Å². The van der Waals surface area contributed by atoms with Crippen molar-refractivity contribution >= 4 is 5.97 Å². The van der Waals surface area contributed by atoms with E-state index in [0.29, 0.717) is 18.9 Å². The van der Waals surface area contributed by atoms with Crippen LogP contribution in [0.25, 0.3) is 0 Å². The fraction of sp³-hybridized carbons (Fsp3) is 0.312. The van der Waals surface area contributed by atoms with Gasteiger partial charge in [-0.05, 0) is 44.2 Å². The predicted octanol–water partition coefficient (Wildman–Crippen LogP) is 3.02. The molecule has 1 aromatic carbocycles. The summed E-state index contributed by atoms with van der Waals surface area (Å²) in [5, 5.41) is 12.2. The van der Waals surface area contributed by atoms with E-state index >= 15 is 0 Å². The molecule has 112 valence electrons. The number of carboxylic acid groups (broad SMARTS) is 1. The van der Waals surface area contributed by atoms with Crippen molar-refractivity contribution < 1.29 is 19.1 Å². The fourth-order valence-corrected chi connectivity index (χ4v) is 1.95. The van der Waals surface area contributed by atoms with E-state index in [9.17, 15) is 4.79 Å². The Morgan fingerprint density at radius 1 is 1.38 bits per heavy atom. The first kappa shape index (κ1) is 15.1. The Hall–Kier alpha value is -2.27. The van der Waals surface area contributed by atoms with Gasteiger partial charge in [-0.3, -0.25) is 0 Å². The van der Waals surface area contributed by atoms with Crippen LogP contribution in [-0.4, -0.2) is 24.2 Å². The highest BCUT2D eigenvalue weighted by atomic mass is 16.5. The number of carboxylic acids is 1. The molecule has 5 heteroatoms. The summed E-state index contributed by atoms with van der Waals surface area (Å²) in [6.07, 6.45) is 0. The second-order valence-electron chi connectivity index (χ2n) is 4.81. The molecule has 0 aliphatic carbocycles. The third-order valence-electron chi connectivity index (χ3n) is 3.09. The maximum atomic E-state index is 10.9. The maximum absolute atomic E-state index is 10.9. The van der Waals surface area contributed by atoms with Crippen molar-refractivity contribution in [2.75, 3.05) is 13.2 Å². The number of hydrogen-bond donors (Lipinski definition) is 2. The number of ether oxygens (including phenoxy) is 1. The monoisotopic (exact) mass is 289 g/mol. The number of furan rings is 1. The first-order valence-corrected chi connectivity index (χ1v) is 6.82. The molecule has 0 spiro atoms. The molecule has 0 radical (unpaired) electrons. The zero-order valence-corrected chi connectivity index (χ0v) is 12.1. The highest BCUT2D eigenvalue weighted by Crippen LogP contribution is 2.16. The molecular weight excluding hydrogens is 270 g/mol. The molecule has 0 amide bonds. The van der Waals surface area contributed by atoms with E-state index in [-0.39, 0.29) is 11.6 Å². The van der Waals surface area contributed by atoms with Crippen LogP contribution in [0.4, 0.5) is 0 Å². The highest BCUT2D eigenvalue weighted by Gasteiger charge is 2.08. The van der Waals surface area contributed by atoms with Crippen LogP contribution in [-0.2, 0) is 0 Å². The lowest BCUT2D eigenvalue weighted by Crippen LogP contribution is -2.24. The molecule has 0 saturated carbocycles. The molecule has 1 unspecified atom stereocenters. The van der Waals surface area contributed by atoms with Crippen LogP contribution < -0.4 is 10.1 Å². The van der Waals surface area contributed by atoms with Gasteiger partial charge in [-0.1, -0.05) is 6.07 Å². The Kier molecular flexibility index (Phi) is 5.00. The number of benzene rings is 1. The van der Waals surface area contributed by atoms with Gasteiger partial charge in [-0.2, -0.15) is 0 Å². The van der Waals surface area contributed by atoms with Gasteiger partial charge in [0.15, 0.2) is 0 Å². The summed E-state index contributed by atoms with van der Waals surface area (Å²) in [5.41, 5.74) is 0.222. The number of aryl methyl sites for hydroxylation is 1. The third kappa shape index (κ3) is 4.36. The van der Waals surface area contributed by atoms with Crippen molar-refractivity contribution in [3.05, 3.63) is 53.5 Å². The molecule has 0 aliphatic heterocycles. The van der Waals surface area contributed by atoms with Gasteiger partial charge in [-0.15, -0.1) is 0 Å². The van der Waals surface area contributed by atoms with Crippen molar-refractivity contribution in [3.63, 3.8) is 0 Å². The molecule has 0 aliphatic rings. The summed E-state index contributed by atoms with van der Waals surface area (Å²) >= 11 is 0. The zero-order valence-electron chi connectivity index (χ0n) is 12.1. The van der Waals surface area contributed by atoms with Gasteiger partial charge in [0.05, 0.1) is 11.6 Å². The Balaban J connectivity index is 1.77. The van der Waals surface area contributed by atoms with E-state index < -0.39 is 5.97 Å². The lowest BCUT2D eigenvalue weighted by Gasteiger charge is -2.12. The second kappa shape index (κ2) is 6.95. The van der Waals surface area contributed by atoms with Gasteiger partial charge >= 0.3 is 5.97 Å². The largest absolute Gasteiger partial charge is 0.492 e. The minimum Gasteiger partial charge on any atom is -0.492 e. The summed E-state index contributed by atoms with van der Waals surface area (Å²) in [5.74, 6) is 1.37. The van der Waals surface area contributed by atoms with Gasteiger partial charge in [0, 0.05) is 6.54 Å². The smallest absolute Gasteiger partial charge is 0.335 e. The molecule has 5 nitrogen and oxygen atoms in total. The molecule has 2 N–H and O–H groups in total. The van der Waals surface area contributed by atoms with E-state index in [2.05, 4.69) is 5.32 Å². The standard InChI is InChI=1S/C16H19NO4/c1-11-6-7-15(21-11)12(2)17-8-9-20-14-5-3-4-13(10-14)16(18)19/h3-7,10,12,17H,8-9H2,1-2H3,(H,18,19). The Labute approximate surface area is 123 Å². The fourth-order valence-electron chi connectivity index (χ4n) is 1.95. The van der Waals surface area contributed by atoms with Gasteiger partial charge in [0.1, 0.15) is 23.9 Å². The molecule has 1 aromatic heterocycles. The molecule has 2 aromatic rings. The minimum absolute atomic E-state index is 0.104. The van der Waals surface area contributed by atoms with E-state index in [1.54, 1.807) is 12.1 Å². The average Bonchev–Trinajstić information content (AvgIpc) is 2.90. The maximum Gasteiger partial charge on any atom is 0.335 e. The molecule has 1 heterocycles. The molecular formula is C16H19NO4. The van der Waals surface area contributed by atoms with E-state index in [0.717, 1.165) is 11.5 Å². The summed E-state index contributed by atoms with van der Waals surface area (Å²) in [7, 11) is 0. The SMILES string of the molecule is Cc1ccc(C(C)NCCOc2cccc(C(=O)O)c2)o1. The van der Waals surface area contributed by atoms with Crippen molar-refractivity contribution in [2.24, 2.45) is 0 Å². The van der Waals surface area contributed by atoms with Crippen molar-refractivity contribution in [3.8, 4) is 5.75 Å². The number of hydrogen-bond acceptors (Lipinski definition) is 4. The molecule has 1 atom stereocenters. The molecule has 0 fully saturated rings. The van der Waals surface area contributed by atoms with Gasteiger partial charge in [0.2, 0.25) is 0 Å². The summed E-state index contributed by atoms with van der Waals surface area (Å²) in [6, 6.07) is 10.4. The van der Waals surface area contributed by atoms with Crippen LogP contribution >= 0.6 is 0 Å². The molecule has 0 bridgehead atoms. The van der Waals surface area contributed by atoms with Crippen molar-refractivity contribution in [1.29, 1.82) is 0 Å². The number of nitrogens with one attached hydrogen (secondary N) is 1. The van der Waals surface area contributed by atoms with E-state index in [1.165, 1.54) is 12.1 Å². The number of aromatic carboxylic acids is 1. The molecule has 0 saturated heterocycles. The average molecular weight is 289 g/mol. The van der Waals surface area contributed by atoms with E-state index in [1.807, 2.05) is 26.0 Å². The lowest BCUT2D eigenvalue weighted by atomic mass is 10.2. The Morgan fingerprint density at radius 2 is 2.19 bits per heavy atom. The predicted molar refractivity (Wildman–Crippen MR) is 78.8 cm³/mol. The topological polar surface area (TPSA) is 71.7 Å². The number of carbonyl (C=O) groups is 1. The van der Waals surface area contributed by atoms with Crippen LogP contribution in [0.2, 0.25) is 0 Å².